The van der Waals surface area contributed by atoms with Crippen molar-refractivity contribution in [3.63, 3.8) is 0 Å². The van der Waals surface area contributed by atoms with Gasteiger partial charge < -0.3 is 80.8 Å². The van der Waals surface area contributed by atoms with Gasteiger partial charge in [0.15, 0.2) is 0 Å². The third-order valence-corrected chi connectivity index (χ3v) is 0. The van der Waals surface area contributed by atoms with Crippen molar-refractivity contribution in [2.75, 3.05) is 0 Å². The van der Waals surface area contributed by atoms with Crippen LogP contribution in [0.1, 0.15) is 0 Å². The van der Waals surface area contributed by atoms with E-state index in [1.165, 1.54) is 0 Å². The van der Waals surface area contributed by atoms with Gasteiger partial charge in [0.1, 0.15) is 0 Å². The van der Waals surface area contributed by atoms with Crippen LogP contribution in [0.2, 0.25) is 0 Å². The van der Waals surface area contributed by atoms with Gasteiger partial charge in [-0.3, -0.25) is 0 Å². The standard InChI is InChI=1S/16Al.9Hf.4N.4O3Si.32O/c;;;;;;;;;;;;;;;;;;;;;;;;;;;;;4*1-4(2)3;;;;;;;;;;;;;;;;;;;;;;;;;;;;;;;;/q;;;;;;;;;;;;;;;;9*+4;4*-3;4*-2;;;;;;;;;;;;;;;;;16*-1. The summed E-state index contributed by atoms with van der Waals surface area (Å²) in [5, 5.41) is 0. The Hall–Kier alpha value is 8.26. The molecular formula is Al16Hf9N4O44Si4. The van der Waals surface area contributed by atoms with Crippen molar-refractivity contribution in [2.45, 2.75) is 0 Å². The summed E-state index contributed by atoms with van der Waals surface area (Å²) in [5.41, 5.74) is 0. The van der Waals surface area contributed by atoms with Crippen LogP contribution in [0.5, 0.6) is 0 Å². The molecule has 0 rings (SSSR count). The Bertz CT molecular complexity index is 718. The van der Waals surface area contributed by atoms with E-state index in [2.05, 4.69) is 0 Å². The van der Waals surface area contributed by atoms with Crippen LogP contribution in [0.15, 0.2) is 0 Å². The molecule has 48 nitrogen and oxygen atoms in total. The van der Waals surface area contributed by atoms with Crippen LogP contribution in [-0.2, 0) is 311 Å². The summed E-state index contributed by atoms with van der Waals surface area (Å²) in [7, 11) is -14.5. The van der Waals surface area contributed by atoms with E-state index < -0.39 is 284 Å². The van der Waals surface area contributed by atoms with E-state index >= 15 is 0 Å². The Balaban J connectivity index is -0.00000000847. The van der Waals surface area contributed by atoms with E-state index in [-0.39, 0.29) is 257 Å². The molecule has 0 saturated carbocycles. The van der Waals surface area contributed by atoms with Gasteiger partial charge in [0, 0.05) is 36.7 Å². The number of nitrogens with zero attached hydrogens (tertiary/aromatic N) is 4. The number of hydrogen-bond donors (Lipinski definition) is 0. The number of hydrogen-bond acceptors (Lipinski definition) is 44. The van der Waals surface area contributed by atoms with E-state index in [4.69, 9.17) is 184 Å². The fraction of sp³-hybridized carbons (Fsp3) is 0. The molecule has 0 heterocycles. The molecule has 0 spiro atoms. The van der Waals surface area contributed by atoms with Gasteiger partial charge in [-0.1, -0.05) is 0 Å². The van der Waals surface area contributed by atoms with Crippen LogP contribution in [0.25, 0.3) is 24.6 Å². The quantitative estimate of drug-likeness (QED) is 0.203. The van der Waals surface area contributed by atoms with Crippen molar-refractivity contribution in [3.8, 4) is 0 Å². The summed E-state index contributed by atoms with van der Waals surface area (Å²) in [6.45, 7) is 0. The van der Waals surface area contributed by atoms with Crippen molar-refractivity contribution in [1.29, 1.82) is 0 Å². The van der Waals surface area contributed by atoms with Gasteiger partial charge in [0.05, 0.1) is 0 Å². The second kappa shape index (κ2) is 444. The number of rotatable bonds is 0. The van der Waals surface area contributed by atoms with Crippen molar-refractivity contribution in [1.82, 2.24) is 0 Å². The van der Waals surface area contributed by atoms with Crippen LogP contribution in [0.4, 0.5) is 0 Å². The molecule has 0 aliphatic rings. The Morgan fingerprint density at radius 2 is 0.156 bits per heavy atom. The minimum atomic E-state index is -3.63. The van der Waals surface area contributed by atoms with Gasteiger partial charge in [-0.25, -0.2) is 0 Å². The molecule has 0 unspecified atom stereocenters. The van der Waals surface area contributed by atoms with E-state index in [1.54, 1.807) is 0 Å². The van der Waals surface area contributed by atoms with Gasteiger partial charge in [-0.2, -0.15) is 0 Å². The first-order chi connectivity index (χ1) is 29.6. The van der Waals surface area contributed by atoms with Gasteiger partial charge in [0.2, 0.25) is 0 Å². The van der Waals surface area contributed by atoms with Crippen LogP contribution in [-0.4, -0.2) is 284 Å². The third-order valence-electron chi connectivity index (χ3n) is 0. The molecule has 0 aliphatic heterocycles. The van der Waals surface area contributed by atoms with E-state index in [0.29, 0.717) is 0 Å². The fourth-order valence-corrected chi connectivity index (χ4v) is 0. The third kappa shape index (κ3) is 8360. The Morgan fingerprint density at radius 1 is 0.156 bits per heavy atom. The predicted octanol–water partition coefficient (Wildman–Crippen LogP) is -37.4. The van der Waals surface area contributed by atoms with Crippen molar-refractivity contribution in [3.05, 3.63) is 24.6 Å². The monoisotopic (exact) mass is 2920 g/mol. The summed E-state index contributed by atoms with van der Waals surface area (Å²) in [4.78, 5) is 68.1. The Labute approximate surface area is 710 Å². The van der Waals surface area contributed by atoms with Crippen molar-refractivity contribution >= 4 is 284 Å². The average Bonchev–Trinajstić information content (AvgIpc) is 3.10. The molecule has 0 bridgehead atoms. The Kier molecular flexibility index (Phi) is 1280. The van der Waals surface area contributed by atoms with Crippen molar-refractivity contribution in [2.24, 2.45) is 0 Å². The maximum atomic E-state index is 8.52. The summed E-state index contributed by atoms with van der Waals surface area (Å²) in [6, 6.07) is 0. The SMILES string of the molecule is O=[Si]([O-])[O-].O=[Si]([O-])[O-].O=[Si]([O-])[O-].O=[Si]([O-])[O-].[Hf+4].[Hf+4].[Hf+4].[Hf+4].[Hf+4].[Hf+4].[Hf+4].[Hf+4].[Hf+4].[N-3].[N-3].[N-3].[N-3].[O]=[Al][O-].[O]=[Al][O-].[O]=[Al][O-].[O]=[Al][O-].[O]=[Al][O-].[O]=[Al][O-].[O]=[Al][O-].[O]=[Al][O-].[O]=[Al][O-].[O]=[Al][O-].[O]=[Al][O-].[O]=[Al][O-].[O]=[Al][O-].[O]=[Al][O-].[O]=[Al][O-].[O]=[Al][O-]. The summed E-state index contributed by atoms with van der Waals surface area (Å²) in [6.07, 6.45) is 0. The molecule has 0 amide bonds. The topological polar surface area (TPSA) is 1020 Å². The maximum absolute atomic E-state index is 8.52. The molecule has 0 aliphatic carbocycles. The molecule has 77 heavy (non-hydrogen) atoms. The molecule has 0 aromatic carbocycles. The minimum absolute atomic E-state index is 0. The second-order valence-corrected chi connectivity index (χ2v) is 7.62. The van der Waals surface area contributed by atoms with Gasteiger partial charge >= 0.3 is 608 Å². The van der Waals surface area contributed by atoms with E-state index in [0.717, 1.165) is 0 Å². The summed E-state index contributed by atoms with van der Waals surface area (Å²) >= 11 is -28.0. The second-order valence-electron chi connectivity index (χ2n) is 2.54. The first-order valence-electron chi connectivity index (χ1n) is 9.99. The van der Waals surface area contributed by atoms with E-state index in [9.17, 15) is 0 Å². The fourth-order valence-electron chi connectivity index (χ4n) is 0. The Morgan fingerprint density at radius 3 is 0.156 bits per heavy atom. The molecule has 0 aromatic heterocycles. The molecule has 0 fully saturated rings. The summed E-state index contributed by atoms with van der Waals surface area (Å²) < 4.78 is 305. The normalized spacial score (nSPS) is 2.91. The zero-order valence-corrected chi connectivity index (χ0v) is 90.3. The zero-order chi connectivity index (χ0) is 57.6. The molecule has 0 aromatic rings. The van der Waals surface area contributed by atoms with Crippen LogP contribution < -0.4 is 105 Å². The van der Waals surface area contributed by atoms with Crippen LogP contribution in [0, 0.1) is 0 Å². The van der Waals surface area contributed by atoms with Crippen LogP contribution in [0.3, 0.4) is 0 Å². The zero-order valence-electron chi connectivity index (χ0n) is 35.5. The van der Waals surface area contributed by atoms with E-state index in [1.807, 2.05) is 0 Å². The van der Waals surface area contributed by atoms with Gasteiger partial charge in [-0.15, -0.1) is 0 Å². The molecule has 0 saturated heterocycles. The summed E-state index contributed by atoms with van der Waals surface area (Å²) in [5.74, 6) is 0. The molecular weight excluding hydrogens is 2910 g/mol. The first kappa shape index (κ1) is 222. The molecule has 77 heteroatoms. The first-order valence-corrected chi connectivity index (χ1v) is 30.0. The molecule has 0 N–H and O–H groups in total. The van der Waals surface area contributed by atoms with Crippen LogP contribution >= 0.6 is 0 Å². The molecule has 0 atom stereocenters. The van der Waals surface area contributed by atoms with Gasteiger partial charge in [-0.05, 0) is 0 Å². The predicted molar refractivity (Wildman–Crippen MR) is 142 cm³/mol. The van der Waals surface area contributed by atoms with Gasteiger partial charge in [0.25, 0.3) is 0 Å². The average molecular weight is 2910 g/mol. The molecule has 0 radical (unpaired) electrons. The van der Waals surface area contributed by atoms with Crippen molar-refractivity contribution < 1.29 is 416 Å². The molecule has 384 valence electrons.